The third-order valence-electron chi connectivity index (χ3n) is 3.34. The van der Waals surface area contributed by atoms with Crippen molar-refractivity contribution in [3.05, 3.63) is 0 Å². The van der Waals surface area contributed by atoms with Crippen molar-refractivity contribution >= 4 is 0 Å². The first-order chi connectivity index (χ1) is 7.63. The van der Waals surface area contributed by atoms with Gasteiger partial charge in [0.05, 0.1) is 6.61 Å². The van der Waals surface area contributed by atoms with Gasteiger partial charge >= 0.3 is 0 Å². The van der Waals surface area contributed by atoms with E-state index in [1.165, 1.54) is 26.2 Å². The van der Waals surface area contributed by atoms with Crippen molar-refractivity contribution in [1.82, 2.24) is 15.1 Å². The lowest BCUT2D eigenvalue weighted by molar-refractivity contribution is 0.112. The molecule has 1 rings (SSSR count). The molecule has 0 bridgehead atoms. The summed E-state index contributed by atoms with van der Waals surface area (Å²) >= 11 is 0. The lowest BCUT2D eigenvalue weighted by Gasteiger charge is -2.36. The van der Waals surface area contributed by atoms with Gasteiger partial charge in [0, 0.05) is 51.9 Å². The third-order valence-corrected chi connectivity index (χ3v) is 3.34. The molecule has 0 amide bonds. The second kappa shape index (κ2) is 7.22. The Hall–Kier alpha value is -0.160. The SMILES string of the molecule is COCC(C)NCC(C)N1CCN(C)CC1. The smallest absolute Gasteiger partial charge is 0.0613 e. The molecule has 0 aromatic rings. The zero-order valence-corrected chi connectivity index (χ0v) is 11.2. The van der Waals surface area contributed by atoms with E-state index in [-0.39, 0.29) is 0 Å². The number of hydrogen-bond acceptors (Lipinski definition) is 4. The molecule has 4 nitrogen and oxygen atoms in total. The maximum absolute atomic E-state index is 5.11. The van der Waals surface area contributed by atoms with E-state index in [9.17, 15) is 0 Å². The molecule has 0 aromatic carbocycles. The molecule has 0 aliphatic carbocycles. The summed E-state index contributed by atoms with van der Waals surface area (Å²) in [5.41, 5.74) is 0. The number of piperazine rings is 1. The van der Waals surface area contributed by atoms with Gasteiger partial charge in [-0.2, -0.15) is 0 Å². The fraction of sp³-hybridized carbons (Fsp3) is 1.00. The molecule has 1 heterocycles. The van der Waals surface area contributed by atoms with E-state index < -0.39 is 0 Å². The van der Waals surface area contributed by atoms with Gasteiger partial charge in [0.1, 0.15) is 0 Å². The van der Waals surface area contributed by atoms with Crippen LogP contribution in [0.3, 0.4) is 0 Å². The van der Waals surface area contributed by atoms with Crippen molar-refractivity contribution < 1.29 is 4.74 Å². The molecule has 96 valence electrons. The number of likely N-dealkylation sites (N-methyl/N-ethyl adjacent to an activating group) is 1. The minimum Gasteiger partial charge on any atom is -0.383 e. The van der Waals surface area contributed by atoms with Gasteiger partial charge in [-0.15, -0.1) is 0 Å². The number of methoxy groups -OCH3 is 1. The molecule has 2 atom stereocenters. The first kappa shape index (κ1) is 13.9. The van der Waals surface area contributed by atoms with E-state index in [1.54, 1.807) is 7.11 Å². The highest BCUT2D eigenvalue weighted by molar-refractivity contribution is 4.76. The van der Waals surface area contributed by atoms with Crippen LogP contribution in [0.2, 0.25) is 0 Å². The topological polar surface area (TPSA) is 27.7 Å². The van der Waals surface area contributed by atoms with Crippen LogP contribution in [0.25, 0.3) is 0 Å². The summed E-state index contributed by atoms with van der Waals surface area (Å²) in [6.45, 7) is 11.1. The minimum atomic E-state index is 0.444. The van der Waals surface area contributed by atoms with E-state index in [1.807, 2.05) is 0 Å². The van der Waals surface area contributed by atoms with Gasteiger partial charge < -0.3 is 15.0 Å². The fourth-order valence-corrected chi connectivity index (χ4v) is 2.07. The zero-order chi connectivity index (χ0) is 12.0. The van der Waals surface area contributed by atoms with E-state index >= 15 is 0 Å². The Bertz CT molecular complexity index is 181. The number of ether oxygens (including phenoxy) is 1. The normalized spacial score (nSPS) is 23.2. The van der Waals surface area contributed by atoms with Gasteiger partial charge in [0.15, 0.2) is 0 Å². The molecular formula is C12H27N3O. The molecule has 0 saturated carbocycles. The van der Waals surface area contributed by atoms with Crippen LogP contribution >= 0.6 is 0 Å². The Balaban J connectivity index is 2.16. The minimum absolute atomic E-state index is 0.444. The maximum atomic E-state index is 5.11. The number of nitrogens with one attached hydrogen (secondary N) is 1. The molecule has 0 spiro atoms. The summed E-state index contributed by atoms with van der Waals surface area (Å²) in [6, 6.07) is 1.06. The van der Waals surface area contributed by atoms with Crippen molar-refractivity contribution in [3.8, 4) is 0 Å². The van der Waals surface area contributed by atoms with Crippen LogP contribution in [0, 0.1) is 0 Å². The van der Waals surface area contributed by atoms with Crippen LogP contribution in [0.15, 0.2) is 0 Å². The van der Waals surface area contributed by atoms with Crippen molar-refractivity contribution in [2.45, 2.75) is 25.9 Å². The zero-order valence-electron chi connectivity index (χ0n) is 11.2. The van der Waals surface area contributed by atoms with Gasteiger partial charge in [-0.05, 0) is 20.9 Å². The van der Waals surface area contributed by atoms with Crippen molar-refractivity contribution in [2.75, 3.05) is 53.5 Å². The highest BCUT2D eigenvalue weighted by Gasteiger charge is 2.18. The van der Waals surface area contributed by atoms with Gasteiger partial charge in [-0.3, -0.25) is 4.90 Å². The molecular weight excluding hydrogens is 202 g/mol. The van der Waals surface area contributed by atoms with Gasteiger partial charge in [0.25, 0.3) is 0 Å². The van der Waals surface area contributed by atoms with E-state index in [0.717, 1.165) is 13.2 Å². The van der Waals surface area contributed by atoms with E-state index in [2.05, 4.69) is 36.0 Å². The van der Waals surface area contributed by atoms with Crippen molar-refractivity contribution in [1.29, 1.82) is 0 Å². The molecule has 2 unspecified atom stereocenters. The Labute approximate surface area is 99.9 Å². The first-order valence-electron chi connectivity index (χ1n) is 6.28. The summed E-state index contributed by atoms with van der Waals surface area (Å²) in [6.07, 6.45) is 0. The second-order valence-electron chi connectivity index (χ2n) is 4.95. The van der Waals surface area contributed by atoms with Crippen LogP contribution in [-0.4, -0.2) is 75.4 Å². The summed E-state index contributed by atoms with van der Waals surface area (Å²) in [5.74, 6) is 0. The summed E-state index contributed by atoms with van der Waals surface area (Å²) in [7, 11) is 3.95. The monoisotopic (exact) mass is 229 g/mol. The molecule has 0 aromatic heterocycles. The maximum Gasteiger partial charge on any atom is 0.0613 e. The predicted octanol–water partition coefficient (Wildman–Crippen LogP) is 0.247. The molecule has 1 N–H and O–H groups in total. The van der Waals surface area contributed by atoms with Gasteiger partial charge in [0.2, 0.25) is 0 Å². The lowest BCUT2D eigenvalue weighted by atomic mass is 10.2. The average Bonchev–Trinajstić information content (AvgIpc) is 2.27. The van der Waals surface area contributed by atoms with Crippen molar-refractivity contribution in [2.24, 2.45) is 0 Å². The molecule has 16 heavy (non-hydrogen) atoms. The largest absolute Gasteiger partial charge is 0.383 e. The molecule has 1 aliphatic rings. The molecule has 4 heteroatoms. The summed E-state index contributed by atoms with van der Waals surface area (Å²) in [5, 5.41) is 3.51. The van der Waals surface area contributed by atoms with Crippen LogP contribution in [0.1, 0.15) is 13.8 Å². The summed E-state index contributed by atoms with van der Waals surface area (Å²) in [4.78, 5) is 4.96. The number of rotatable bonds is 6. The Morgan fingerprint density at radius 1 is 1.19 bits per heavy atom. The Morgan fingerprint density at radius 3 is 2.38 bits per heavy atom. The van der Waals surface area contributed by atoms with E-state index in [0.29, 0.717) is 12.1 Å². The fourth-order valence-electron chi connectivity index (χ4n) is 2.07. The summed E-state index contributed by atoms with van der Waals surface area (Å²) < 4.78 is 5.11. The van der Waals surface area contributed by atoms with Crippen molar-refractivity contribution in [3.63, 3.8) is 0 Å². The second-order valence-corrected chi connectivity index (χ2v) is 4.95. The number of hydrogen-bond donors (Lipinski definition) is 1. The van der Waals surface area contributed by atoms with Crippen LogP contribution in [0.4, 0.5) is 0 Å². The predicted molar refractivity (Wildman–Crippen MR) is 67.9 cm³/mol. The third kappa shape index (κ3) is 4.78. The molecule has 1 aliphatic heterocycles. The standard InChI is InChI=1S/C12H27N3O/c1-11(10-16-4)13-9-12(2)15-7-5-14(3)6-8-15/h11-13H,5-10H2,1-4H3. The van der Waals surface area contributed by atoms with Crippen LogP contribution < -0.4 is 5.32 Å². The first-order valence-corrected chi connectivity index (χ1v) is 6.28. The van der Waals surface area contributed by atoms with Crippen LogP contribution in [-0.2, 0) is 4.74 Å². The highest BCUT2D eigenvalue weighted by Crippen LogP contribution is 2.04. The van der Waals surface area contributed by atoms with Crippen LogP contribution in [0.5, 0.6) is 0 Å². The van der Waals surface area contributed by atoms with E-state index in [4.69, 9.17) is 4.74 Å². The molecule has 1 fully saturated rings. The molecule has 1 saturated heterocycles. The Morgan fingerprint density at radius 2 is 1.81 bits per heavy atom. The molecule has 0 radical (unpaired) electrons. The average molecular weight is 229 g/mol. The van der Waals surface area contributed by atoms with Gasteiger partial charge in [-0.1, -0.05) is 0 Å². The Kier molecular flexibility index (Phi) is 6.28. The highest BCUT2D eigenvalue weighted by atomic mass is 16.5. The lowest BCUT2D eigenvalue weighted by Crippen LogP contribution is -2.51. The van der Waals surface area contributed by atoms with Gasteiger partial charge in [-0.25, -0.2) is 0 Å². The number of nitrogens with zero attached hydrogens (tertiary/aromatic N) is 2. The quantitative estimate of drug-likeness (QED) is 0.706.